The van der Waals surface area contributed by atoms with Gasteiger partial charge in [-0.2, -0.15) is 0 Å². The van der Waals surface area contributed by atoms with Crippen LogP contribution in [-0.4, -0.2) is 6.36 Å². The molecular formula is C32H30F6O. The molecule has 4 aromatic carbocycles. The zero-order valence-corrected chi connectivity index (χ0v) is 21.7. The lowest BCUT2D eigenvalue weighted by Gasteiger charge is -2.11. The molecule has 0 aromatic heterocycles. The first-order valence-electron chi connectivity index (χ1n) is 13.1. The Hall–Kier alpha value is -3.48. The van der Waals surface area contributed by atoms with Gasteiger partial charge in [0.1, 0.15) is 23.2 Å². The van der Waals surface area contributed by atoms with Crippen LogP contribution in [0.3, 0.4) is 0 Å². The number of benzene rings is 4. The van der Waals surface area contributed by atoms with E-state index in [0.717, 1.165) is 30.4 Å². The highest BCUT2D eigenvalue weighted by Gasteiger charge is 2.30. The Balaban J connectivity index is 1.39. The molecule has 0 aliphatic heterocycles. The van der Waals surface area contributed by atoms with Gasteiger partial charge in [0.15, 0.2) is 0 Å². The van der Waals surface area contributed by atoms with Crippen molar-refractivity contribution in [3.63, 3.8) is 0 Å². The highest BCUT2D eigenvalue weighted by Crippen LogP contribution is 2.27. The van der Waals surface area contributed by atoms with Crippen molar-refractivity contribution < 1.29 is 31.1 Å². The van der Waals surface area contributed by atoms with Gasteiger partial charge >= 0.3 is 6.36 Å². The number of aryl methyl sites for hydroxylation is 4. The molecule has 0 unspecified atom stereocenters. The fourth-order valence-electron chi connectivity index (χ4n) is 4.76. The molecule has 0 aliphatic carbocycles. The monoisotopic (exact) mass is 544 g/mol. The van der Waals surface area contributed by atoms with Crippen molar-refractivity contribution in [3.05, 3.63) is 112 Å². The average molecular weight is 545 g/mol. The van der Waals surface area contributed by atoms with Gasteiger partial charge in [0.05, 0.1) is 0 Å². The van der Waals surface area contributed by atoms with Crippen LogP contribution < -0.4 is 4.74 Å². The van der Waals surface area contributed by atoms with Gasteiger partial charge in [-0.1, -0.05) is 62.2 Å². The Morgan fingerprint density at radius 1 is 0.641 bits per heavy atom. The second-order valence-corrected chi connectivity index (χ2v) is 9.78. The lowest BCUT2D eigenvalue weighted by Crippen LogP contribution is -2.17. The van der Waals surface area contributed by atoms with Crippen molar-refractivity contribution in [2.24, 2.45) is 0 Å². The van der Waals surface area contributed by atoms with Crippen molar-refractivity contribution in [3.8, 4) is 5.75 Å². The van der Waals surface area contributed by atoms with Crippen LogP contribution >= 0.6 is 0 Å². The third kappa shape index (κ3) is 7.78. The number of fused-ring (bicyclic) bond motifs is 1. The second-order valence-electron chi connectivity index (χ2n) is 9.78. The lowest BCUT2D eigenvalue weighted by atomic mass is 9.96. The summed E-state index contributed by atoms with van der Waals surface area (Å²) in [7, 11) is 0. The van der Waals surface area contributed by atoms with E-state index in [2.05, 4.69) is 11.7 Å². The zero-order valence-electron chi connectivity index (χ0n) is 21.7. The number of alkyl halides is 3. The van der Waals surface area contributed by atoms with Crippen molar-refractivity contribution >= 4 is 10.8 Å². The van der Waals surface area contributed by atoms with Crippen LogP contribution in [0.4, 0.5) is 26.3 Å². The smallest absolute Gasteiger partial charge is 0.406 e. The summed E-state index contributed by atoms with van der Waals surface area (Å²) in [4.78, 5) is 0. The summed E-state index contributed by atoms with van der Waals surface area (Å²) in [6.07, 6.45) is 0.302. The van der Waals surface area contributed by atoms with E-state index in [4.69, 9.17) is 0 Å². The molecule has 1 nitrogen and oxygen atoms in total. The lowest BCUT2D eigenvalue weighted by molar-refractivity contribution is -0.274. The van der Waals surface area contributed by atoms with Gasteiger partial charge in [-0.15, -0.1) is 13.2 Å². The molecule has 0 saturated heterocycles. The maximum Gasteiger partial charge on any atom is 0.573 e. The van der Waals surface area contributed by atoms with Gasteiger partial charge in [0.2, 0.25) is 0 Å². The second kappa shape index (κ2) is 12.6. The molecule has 0 heterocycles. The summed E-state index contributed by atoms with van der Waals surface area (Å²) in [5, 5.41) is 1.13. The van der Waals surface area contributed by atoms with E-state index in [1.807, 2.05) is 12.1 Å². The highest BCUT2D eigenvalue weighted by molar-refractivity contribution is 5.84. The van der Waals surface area contributed by atoms with E-state index in [0.29, 0.717) is 47.6 Å². The number of unbranched alkanes of at least 4 members (excludes halogenated alkanes) is 2. The maximum absolute atomic E-state index is 15.2. The minimum atomic E-state index is -4.75. The average Bonchev–Trinajstić information content (AvgIpc) is 2.88. The van der Waals surface area contributed by atoms with Crippen LogP contribution in [0.1, 0.15) is 54.0 Å². The third-order valence-corrected chi connectivity index (χ3v) is 6.87. The van der Waals surface area contributed by atoms with Crippen LogP contribution in [0.5, 0.6) is 5.75 Å². The molecule has 0 fully saturated rings. The van der Waals surface area contributed by atoms with Crippen LogP contribution in [-0.2, 0) is 32.1 Å². The van der Waals surface area contributed by atoms with E-state index in [1.54, 1.807) is 18.2 Å². The molecule has 0 amide bonds. The highest BCUT2D eigenvalue weighted by atomic mass is 19.4. The SMILES string of the molecule is CCCCCc1cc(F)c(CCc2ccc3c(F)c(CCc4ccc(OC(F)(F)F)cc4)ccc3c2)c(F)c1. The molecule has 7 heteroatoms. The standard InChI is InChI=1S/C32H30F6O/c1-2-3-4-5-23-19-29(33)28(30(34)20-23)17-10-22-9-16-27-25(18-22)13-12-24(31(27)35)11-6-21-7-14-26(15-8-21)39-32(36,37)38/h7-9,12-16,18-20H,2-6,10-11,17H2,1H3. The fraction of sp³-hybridized carbons (Fsp3) is 0.312. The van der Waals surface area contributed by atoms with Gasteiger partial charge in [0.25, 0.3) is 0 Å². The molecule has 0 radical (unpaired) electrons. The topological polar surface area (TPSA) is 9.23 Å². The van der Waals surface area contributed by atoms with Gasteiger partial charge < -0.3 is 4.74 Å². The number of hydrogen-bond donors (Lipinski definition) is 0. The molecule has 39 heavy (non-hydrogen) atoms. The van der Waals surface area contributed by atoms with E-state index < -0.39 is 18.0 Å². The number of ether oxygens (including phenoxy) is 1. The zero-order chi connectivity index (χ0) is 28.0. The van der Waals surface area contributed by atoms with Crippen molar-refractivity contribution in [1.82, 2.24) is 0 Å². The van der Waals surface area contributed by atoms with Gasteiger partial charge in [0, 0.05) is 10.9 Å². The Kier molecular flexibility index (Phi) is 9.20. The number of rotatable bonds is 11. The Bertz CT molecular complexity index is 1390. The summed E-state index contributed by atoms with van der Waals surface area (Å²) in [5.41, 5.74) is 2.84. The van der Waals surface area contributed by atoms with E-state index in [9.17, 15) is 22.0 Å². The normalized spacial score (nSPS) is 11.8. The fourth-order valence-corrected chi connectivity index (χ4v) is 4.76. The van der Waals surface area contributed by atoms with Crippen molar-refractivity contribution in [2.45, 2.75) is 64.7 Å². The van der Waals surface area contributed by atoms with E-state index >= 15 is 4.39 Å². The first kappa shape index (κ1) is 28.5. The maximum atomic E-state index is 15.2. The quantitative estimate of drug-likeness (QED) is 0.135. The Morgan fingerprint density at radius 3 is 1.97 bits per heavy atom. The van der Waals surface area contributed by atoms with E-state index in [-0.39, 0.29) is 23.6 Å². The first-order valence-corrected chi connectivity index (χ1v) is 13.1. The van der Waals surface area contributed by atoms with Crippen molar-refractivity contribution in [1.29, 1.82) is 0 Å². The molecule has 4 aromatic rings. The molecule has 4 rings (SSSR count). The van der Waals surface area contributed by atoms with E-state index in [1.165, 1.54) is 36.4 Å². The van der Waals surface area contributed by atoms with Gasteiger partial charge in [-0.25, -0.2) is 13.2 Å². The molecule has 0 bridgehead atoms. The number of halogens is 6. The number of hydrogen-bond acceptors (Lipinski definition) is 1. The van der Waals surface area contributed by atoms with Crippen LogP contribution in [0, 0.1) is 17.5 Å². The molecule has 0 N–H and O–H groups in total. The van der Waals surface area contributed by atoms with Gasteiger partial charge in [-0.05, 0) is 90.4 Å². The van der Waals surface area contributed by atoms with Crippen LogP contribution in [0.2, 0.25) is 0 Å². The Morgan fingerprint density at radius 2 is 1.31 bits per heavy atom. The molecule has 0 spiro atoms. The molecule has 206 valence electrons. The van der Waals surface area contributed by atoms with Crippen molar-refractivity contribution in [2.75, 3.05) is 0 Å². The Labute approximate surface area is 224 Å². The first-order chi connectivity index (χ1) is 18.6. The summed E-state index contributed by atoms with van der Waals surface area (Å²) >= 11 is 0. The summed E-state index contributed by atoms with van der Waals surface area (Å²) in [6, 6.07) is 17.2. The molecule has 0 saturated carbocycles. The van der Waals surface area contributed by atoms with Crippen LogP contribution in [0.15, 0.2) is 66.7 Å². The summed E-state index contributed by atoms with van der Waals surface area (Å²) < 4.78 is 85.3. The molecule has 0 atom stereocenters. The molecule has 0 aliphatic rings. The predicted octanol–water partition coefficient (Wildman–Crippen LogP) is 9.46. The third-order valence-electron chi connectivity index (χ3n) is 6.87. The summed E-state index contributed by atoms with van der Waals surface area (Å²) in [5.74, 6) is -1.71. The summed E-state index contributed by atoms with van der Waals surface area (Å²) in [6.45, 7) is 2.08. The molecular weight excluding hydrogens is 514 g/mol. The largest absolute Gasteiger partial charge is 0.573 e. The predicted molar refractivity (Wildman–Crippen MR) is 141 cm³/mol. The van der Waals surface area contributed by atoms with Crippen LogP contribution in [0.25, 0.3) is 10.8 Å². The minimum Gasteiger partial charge on any atom is -0.406 e. The minimum absolute atomic E-state index is 0.0638. The van der Waals surface area contributed by atoms with Gasteiger partial charge in [-0.3, -0.25) is 0 Å².